The first-order valence-corrected chi connectivity index (χ1v) is 9.07. The fourth-order valence-electron chi connectivity index (χ4n) is 2.91. The maximum atomic E-state index is 12.6. The summed E-state index contributed by atoms with van der Waals surface area (Å²) in [6.07, 6.45) is 0.128. The van der Waals surface area contributed by atoms with Crippen LogP contribution < -0.4 is 5.32 Å². The molecule has 1 unspecified atom stereocenters. The van der Waals surface area contributed by atoms with Crippen molar-refractivity contribution in [2.45, 2.75) is 23.6 Å². The highest BCUT2D eigenvalue weighted by atomic mass is 32.2. The van der Waals surface area contributed by atoms with Gasteiger partial charge in [0.05, 0.1) is 11.6 Å². The van der Waals surface area contributed by atoms with Gasteiger partial charge in [-0.1, -0.05) is 54.2 Å². The van der Waals surface area contributed by atoms with Crippen molar-refractivity contribution < 1.29 is 18.4 Å². The molecule has 0 saturated carbocycles. The minimum atomic E-state index is -2.57. The summed E-state index contributed by atoms with van der Waals surface area (Å²) < 4.78 is 25.3. The number of nitrogens with zero attached hydrogens (tertiary/aromatic N) is 1. The molecule has 2 amide bonds. The van der Waals surface area contributed by atoms with Crippen LogP contribution >= 0.6 is 11.8 Å². The molecule has 0 aliphatic carbocycles. The van der Waals surface area contributed by atoms with Gasteiger partial charge in [0.25, 0.3) is 5.76 Å². The van der Waals surface area contributed by atoms with E-state index in [1.807, 2.05) is 30.3 Å². The quantitative estimate of drug-likeness (QED) is 0.776. The Morgan fingerprint density at radius 2 is 1.85 bits per heavy atom. The van der Waals surface area contributed by atoms with Gasteiger partial charge in [0.1, 0.15) is 0 Å². The Kier molecular flexibility index (Phi) is 5.88. The van der Waals surface area contributed by atoms with Crippen molar-refractivity contribution in [1.29, 1.82) is 0 Å². The van der Waals surface area contributed by atoms with Crippen LogP contribution in [0.3, 0.4) is 0 Å². The number of hydrogen-bond donors (Lipinski definition) is 1. The number of carbonyl (C=O) groups excluding carboxylic acids is 2. The third-order valence-corrected chi connectivity index (χ3v) is 4.95. The number of rotatable bonds is 6. The van der Waals surface area contributed by atoms with Crippen LogP contribution in [0.15, 0.2) is 59.5 Å². The van der Waals surface area contributed by atoms with E-state index in [0.717, 1.165) is 5.56 Å². The Labute approximate surface area is 154 Å². The molecule has 2 aromatic carbocycles. The lowest BCUT2D eigenvalue weighted by Crippen LogP contribution is -2.28. The molecule has 2 aromatic rings. The van der Waals surface area contributed by atoms with Crippen molar-refractivity contribution in [3.05, 3.63) is 60.2 Å². The van der Waals surface area contributed by atoms with E-state index in [-0.39, 0.29) is 18.2 Å². The average molecular weight is 376 g/mol. The van der Waals surface area contributed by atoms with Crippen LogP contribution in [-0.2, 0) is 16.1 Å². The molecular formula is C19H18F2N2O2S. The van der Waals surface area contributed by atoms with Crippen LogP contribution in [0.4, 0.5) is 14.5 Å². The van der Waals surface area contributed by atoms with Gasteiger partial charge in [-0.25, -0.2) is 0 Å². The van der Waals surface area contributed by atoms with Crippen molar-refractivity contribution in [3.63, 3.8) is 0 Å². The monoisotopic (exact) mass is 376 g/mol. The summed E-state index contributed by atoms with van der Waals surface area (Å²) in [5.41, 5.74) is 1.34. The number of anilines is 1. The van der Waals surface area contributed by atoms with Crippen LogP contribution in [0.2, 0.25) is 0 Å². The van der Waals surface area contributed by atoms with Crippen molar-refractivity contribution >= 4 is 29.3 Å². The molecule has 4 nitrogen and oxygen atoms in total. The van der Waals surface area contributed by atoms with Gasteiger partial charge in [0, 0.05) is 24.4 Å². The largest absolute Gasteiger partial charge is 0.338 e. The minimum Gasteiger partial charge on any atom is -0.338 e. The average Bonchev–Trinajstić information content (AvgIpc) is 2.98. The van der Waals surface area contributed by atoms with Crippen LogP contribution in [0, 0.1) is 5.92 Å². The topological polar surface area (TPSA) is 49.4 Å². The van der Waals surface area contributed by atoms with Crippen LogP contribution in [0.25, 0.3) is 0 Å². The highest BCUT2D eigenvalue weighted by molar-refractivity contribution is 7.99. The van der Waals surface area contributed by atoms with E-state index >= 15 is 0 Å². The lowest BCUT2D eigenvalue weighted by Gasteiger charge is -2.17. The molecule has 26 heavy (non-hydrogen) atoms. The van der Waals surface area contributed by atoms with Gasteiger partial charge in [-0.05, 0) is 17.7 Å². The van der Waals surface area contributed by atoms with Crippen molar-refractivity contribution in [3.8, 4) is 0 Å². The zero-order valence-electron chi connectivity index (χ0n) is 13.9. The first-order valence-electron chi connectivity index (χ1n) is 8.19. The number of amides is 2. The number of para-hydroxylation sites is 1. The summed E-state index contributed by atoms with van der Waals surface area (Å²) in [5, 5.41) is 2.69. The third-order valence-electron chi connectivity index (χ3n) is 4.16. The van der Waals surface area contributed by atoms with E-state index in [9.17, 15) is 18.4 Å². The summed E-state index contributed by atoms with van der Waals surface area (Å²) in [7, 11) is 0. The molecule has 0 bridgehead atoms. The third kappa shape index (κ3) is 4.60. The number of halogens is 2. The molecule has 1 aliphatic rings. The normalized spacial score (nSPS) is 17.0. The zero-order valence-corrected chi connectivity index (χ0v) is 14.7. The van der Waals surface area contributed by atoms with Gasteiger partial charge in [-0.3, -0.25) is 9.59 Å². The molecule has 1 saturated heterocycles. The first kappa shape index (κ1) is 18.4. The van der Waals surface area contributed by atoms with E-state index < -0.39 is 11.7 Å². The van der Waals surface area contributed by atoms with Gasteiger partial charge in [0.15, 0.2) is 0 Å². The Morgan fingerprint density at radius 3 is 2.58 bits per heavy atom. The summed E-state index contributed by atoms with van der Waals surface area (Å²) >= 11 is 0.387. The number of nitrogens with one attached hydrogen (secondary N) is 1. The van der Waals surface area contributed by atoms with Crippen molar-refractivity contribution in [2.75, 3.05) is 11.9 Å². The maximum absolute atomic E-state index is 12.6. The molecule has 0 spiro atoms. The SMILES string of the molecule is O=C(Nc1ccccc1SC(F)F)C1CC(=O)N(Cc2ccccc2)C1. The van der Waals surface area contributed by atoms with Gasteiger partial charge in [0.2, 0.25) is 11.8 Å². The molecule has 1 heterocycles. The molecule has 1 fully saturated rings. The zero-order chi connectivity index (χ0) is 18.5. The second kappa shape index (κ2) is 8.31. The molecule has 3 rings (SSSR count). The van der Waals surface area contributed by atoms with Gasteiger partial charge in [-0.2, -0.15) is 8.78 Å². The fourth-order valence-corrected chi connectivity index (χ4v) is 3.50. The number of thioether (sulfide) groups is 1. The standard InChI is InChI=1S/C19H18F2N2O2S/c20-19(21)26-16-9-5-4-8-15(16)22-18(25)14-10-17(24)23(12-14)11-13-6-2-1-3-7-13/h1-9,14,19H,10-12H2,(H,22,25). The maximum Gasteiger partial charge on any atom is 0.288 e. The van der Waals surface area contributed by atoms with Crippen LogP contribution in [-0.4, -0.2) is 29.0 Å². The Balaban J connectivity index is 1.63. The predicted octanol–water partition coefficient (Wildman–Crippen LogP) is 3.99. The first-order chi connectivity index (χ1) is 12.5. The lowest BCUT2D eigenvalue weighted by atomic mass is 10.1. The molecule has 0 radical (unpaired) electrons. The predicted molar refractivity (Wildman–Crippen MR) is 96.9 cm³/mol. The Bertz CT molecular complexity index is 786. The highest BCUT2D eigenvalue weighted by Gasteiger charge is 2.34. The molecular weight excluding hydrogens is 358 g/mol. The number of carbonyl (C=O) groups is 2. The molecule has 136 valence electrons. The van der Waals surface area contributed by atoms with Crippen LogP contribution in [0.5, 0.6) is 0 Å². The van der Waals surface area contributed by atoms with E-state index in [4.69, 9.17) is 0 Å². The number of hydrogen-bond acceptors (Lipinski definition) is 3. The molecule has 0 aromatic heterocycles. The second-order valence-corrected chi connectivity index (χ2v) is 7.06. The second-order valence-electron chi connectivity index (χ2n) is 6.02. The smallest absolute Gasteiger partial charge is 0.288 e. The van der Waals surface area contributed by atoms with Crippen LogP contribution in [0.1, 0.15) is 12.0 Å². The molecule has 7 heteroatoms. The number of alkyl halides is 2. The fraction of sp³-hybridized carbons (Fsp3) is 0.263. The van der Waals surface area contributed by atoms with E-state index in [2.05, 4.69) is 5.32 Å². The number of likely N-dealkylation sites (tertiary alicyclic amines) is 1. The van der Waals surface area contributed by atoms with Crippen molar-refractivity contribution in [2.24, 2.45) is 5.92 Å². The molecule has 1 aliphatic heterocycles. The Morgan fingerprint density at radius 1 is 1.15 bits per heavy atom. The molecule has 1 atom stereocenters. The summed E-state index contributed by atoms with van der Waals surface area (Å²) in [4.78, 5) is 26.7. The number of benzene rings is 2. The summed E-state index contributed by atoms with van der Waals surface area (Å²) in [6.45, 7) is 0.783. The summed E-state index contributed by atoms with van der Waals surface area (Å²) in [6, 6.07) is 16.0. The van der Waals surface area contributed by atoms with Gasteiger partial charge >= 0.3 is 0 Å². The Hall–Kier alpha value is -2.41. The lowest BCUT2D eigenvalue weighted by molar-refractivity contribution is -0.128. The highest BCUT2D eigenvalue weighted by Crippen LogP contribution is 2.32. The van der Waals surface area contributed by atoms with E-state index in [0.29, 0.717) is 35.4 Å². The van der Waals surface area contributed by atoms with Gasteiger partial charge in [-0.15, -0.1) is 0 Å². The van der Waals surface area contributed by atoms with Gasteiger partial charge < -0.3 is 10.2 Å². The van der Waals surface area contributed by atoms with E-state index in [1.54, 1.807) is 23.1 Å². The molecule has 1 N–H and O–H groups in total. The van der Waals surface area contributed by atoms with Crippen molar-refractivity contribution in [1.82, 2.24) is 4.90 Å². The minimum absolute atomic E-state index is 0.0794. The van der Waals surface area contributed by atoms with E-state index in [1.165, 1.54) is 6.07 Å². The summed E-state index contributed by atoms with van der Waals surface area (Å²) in [5.74, 6) is -3.46.